The van der Waals surface area contributed by atoms with E-state index in [0.717, 1.165) is 17.1 Å². The first kappa shape index (κ1) is 10.5. The summed E-state index contributed by atoms with van der Waals surface area (Å²) in [7, 11) is 1.62. The maximum Gasteiger partial charge on any atom is 0.0636 e. The molecule has 0 aliphatic heterocycles. The van der Waals surface area contributed by atoms with Crippen molar-refractivity contribution in [1.29, 1.82) is 0 Å². The number of rotatable bonds is 3. The summed E-state index contributed by atoms with van der Waals surface area (Å²) < 4.78 is 0. The Labute approximate surface area is 94.8 Å². The summed E-state index contributed by atoms with van der Waals surface area (Å²) in [5, 5.41) is 0.850. The number of hydrogen-bond donors (Lipinski definition) is 1. The molecule has 0 heterocycles. The summed E-state index contributed by atoms with van der Waals surface area (Å²) >= 11 is 6.13. The summed E-state index contributed by atoms with van der Waals surface area (Å²) in [5.41, 5.74) is 6.56. The summed E-state index contributed by atoms with van der Waals surface area (Å²) in [6.07, 6.45) is 1.08. The Morgan fingerprint density at radius 3 is 2.87 bits per heavy atom. The zero-order chi connectivity index (χ0) is 10.8. The van der Waals surface area contributed by atoms with Gasteiger partial charge in [0, 0.05) is 16.6 Å². The lowest BCUT2D eigenvalue weighted by Gasteiger charge is -2.03. The zero-order valence-electron chi connectivity index (χ0n) is 8.88. The molecule has 1 fully saturated rings. The Balaban J connectivity index is 2.18. The molecule has 1 unspecified atom stereocenters. The van der Waals surface area contributed by atoms with Gasteiger partial charge < -0.3 is 0 Å². The first-order chi connectivity index (χ1) is 7.24. The highest BCUT2D eigenvalue weighted by molar-refractivity contribution is 6.31. The van der Waals surface area contributed by atoms with E-state index in [1.165, 1.54) is 11.1 Å². The lowest BCUT2D eigenvalue weighted by Crippen LogP contribution is -2.08. The molecule has 2 nitrogen and oxygen atoms in total. The number of halogens is 1. The van der Waals surface area contributed by atoms with Crippen LogP contribution in [0, 0.1) is 0 Å². The topological polar surface area (TPSA) is 21.3 Å². The van der Waals surface area contributed by atoms with Crippen molar-refractivity contribution in [3.63, 3.8) is 0 Å². The van der Waals surface area contributed by atoms with Crippen LogP contribution in [-0.4, -0.2) is 7.11 Å². The molecule has 0 radical (unpaired) electrons. The second-order valence-corrected chi connectivity index (χ2v) is 4.14. The van der Waals surface area contributed by atoms with Gasteiger partial charge >= 0.3 is 0 Å². The number of nitrogens with one attached hydrogen (secondary N) is 1. The third-order valence-corrected chi connectivity index (χ3v) is 3.05. The van der Waals surface area contributed by atoms with Gasteiger partial charge in [-0.25, -0.2) is 0 Å². The van der Waals surface area contributed by atoms with E-state index >= 15 is 0 Å². The molecule has 1 atom stereocenters. The minimum atomic E-state index is 0.473. The summed E-state index contributed by atoms with van der Waals surface area (Å²) in [6, 6.07) is 8.00. The molecular formula is C12H14ClNO. The van der Waals surface area contributed by atoms with Gasteiger partial charge in [-0.2, -0.15) is 0 Å². The van der Waals surface area contributed by atoms with Crippen molar-refractivity contribution in [2.45, 2.75) is 19.3 Å². The molecule has 0 bridgehead atoms. The highest BCUT2D eigenvalue weighted by atomic mass is 35.5. The number of hydrogen-bond acceptors (Lipinski definition) is 2. The van der Waals surface area contributed by atoms with Crippen molar-refractivity contribution in [1.82, 2.24) is 5.48 Å². The first-order valence-corrected chi connectivity index (χ1v) is 5.35. The Bertz CT molecular complexity index is 400. The van der Waals surface area contributed by atoms with E-state index in [1.807, 2.05) is 25.1 Å². The summed E-state index contributed by atoms with van der Waals surface area (Å²) in [6.45, 7) is 2.02. The zero-order valence-corrected chi connectivity index (χ0v) is 9.64. The molecule has 1 aliphatic rings. The molecule has 0 saturated heterocycles. The largest absolute Gasteiger partial charge is 0.280 e. The molecule has 1 aliphatic carbocycles. The smallest absolute Gasteiger partial charge is 0.0636 e. The van der Waals surface area contributed by atoms with Crippen molar-refractivity contribution in [3.05, 3.63) is 46.1 Å². The first-order valence-electron chi connectivity index (χ1n) is 4.97. The summed E-state index contributed by atoms with van der Waals surface area (Å²) in [4.78, 5) is 4.88. The fourth-order valence-electron chi connectivity index (χ4n) is 1.85. The van der Waals surface area contributed by atoms with Crippen LogP contribution in [0.1, 0.15) is 24.8 Å². The van der Waals surface area contributed by atoms with Crippen molar-refractivity contribution in [3.8, 4) is 0 Å². The highest BCUT2D eigenvalue weighted by Crippen LogP contribution is 2.50. The molecular weight excluding hydrogens is 210 g/mol. The van der Waals surface area contributed by atoms with Gasteiger partial charge in [0.1, 0.15) is 0 Å². The molecule has 1 saturated carbocycles. The van der Waals surface area contributed by atoms with Gasteiger partial charge in [-0.15, -0.1) is 0 Å². The molecule has 15 heavy (non-hydrogen) atoms. The Morgan fingerprint density at radius 2 is 2.20 bits per heavy atom. The number of hydroxylamine groups is 1. The van der Waals surface area contributed by atoms with Crippen LogP contribution in [0.5, 0.6) is 0 Å². The van der Waals surface area contributed by atoms with Crippen LogP contribution >= 0.6 is 11.6 Å². The molecule has 1 N–H and O–H groups in total. The Morgan fingerprint density at radius 1 is 1.47 bits per heavy atom. The molecule has 0 amide bonds. The van der Waals surface area contributed by atoms with E-state index in [0.29, 0.717) is 5.92 Å². The minimum Gasteiger partial charge on any atom is -0.280 e. The standard InChI is InChI=1S/C12H14ClNO/c1-8(14-15-2)10-7-11(10)9-5-3-4-6-12(9)13/h3-6,11,14H,7H2,1-2H3. The summed E-state index contributed by atoms with van der Waals surface area (Å²) in [5.74, 6) is 0.473. The number of benzene rings is 1. The van der Waals surface area contributed by atoms with Crippen molar-refractivity contribution in [2.24, 2.45) is 0 Å². The highest BCUT2D eigenvalue weighted by Gasteiger charge is 2.34. The van der Waals surface area contributed by atoms with E-state index in [-0.39, 0.29) is 0 Å². The van der Waals surface area contributed by atoms with E-state index in [9.17, 15) is 0 Å². The van der Waals surface area contributed by atoms with Crippen LogP contribution in [0.15, 0.2) is 35.5 Å². The average molecular weight is 224 g/mol. The third kappa shape index (κ3) is 2.16. The predicted molar refractivity (Wildman–Crippen MR) is 61.7 cm³/mol. The van der Waals surface area contributed by atoms with Crippen LogP contribution in [-0.2, 0) is 4.84 Å². The van der Waals surface area contributed by atoms with Crippen LogP contribution in [0.25, 0.3) is 0 Å². The third-order valence-electron chi connectivity index (χ3n) is 2.70. The van der Waals surface area contributed by atoms with Gasteiger partial charge in [0.25, 0.3) is 0 Å². The average Bonchev–Trinajstić information content (AvgIpc) is 2.98. The Kier molecular flexibility index (Phi) is 2.98. The van der Waals surface area contributed by atoms with Crippen LogP contribution < -0.4 is 5.48 Å². The van der Waals surface area contributed by atoms with Gasteiger partial charge in [0.15, 0.2) is 0 Å². The van der Waals surface area contributed by atoms with Gasteiger partial charge in [-0.3, -0.25) is 10.3 Å². The van der Waals surface area contributed by atoms with E-state index in [2.05, 4.69) is 11.5 Å². The molecule has 2 rings (SSSR count). The second kappa shape index (κ2) is 4.25. The molecule has 3 heteroatoms. The van der Waals surface area contributed by atoms with Gasteiger partial charge in [0.2, 0.25) is 0 Å². The lowest BCUT2D eigenvalue weighted by atomic mass is 10.1. The van der Waals surface area contributed by atoms with Crippen molar-refractivity contribution >= 4 is 11.6 Å². The van der Waals surface area contributed by atoms with Crippen LogP contribution in [0.2, 0.25) is 5.02 Å². The second-order valence-electron chi connectivity index (χ2n) is 3.73. The SMILES string of the molecule is CONC(C)=C1CC1c1ccccc1Cl. The molecule has 80 valence electrons. The van der Waals surface area contributed by atoms with E-state index in [1.54, 1.807) is 7.11 Å². The van der Waals surface area contributed by atoms with Gasteiger partial charge in [0.05, 0.1) is 7.11 Å². The maximum absolute atomic E-state index is 6.13. The fourth-order valence-corrected chi connectivity index (χ4v) is 2.12. The Hall–Kier alpha value is -0.990. The molecule has 0 aromatic heterocycles. The van der Waals surface area contributed by atoms with E-state index in [4.69, 9.17) is 16.4 Å². The lowest BCUT2D eigenvalue weighted by molar-refractivity contribution is 0.117. The van der Waals surface area contributed by atoms with Crippen molar-refractivity contribution in [2.75, 3.05) is 7.11 Å². The normalized spacial score (nSPS) is 22.5. The van der Waals surface area contributed by atoms with Gasteiger partial charge in [-0.1, -0.05) is 29.8 Å². The monoisotopic (exact) mass is 223 g/mol. The van der Waals surface area contributed by atoms with Gasteiger partial charge in [-0.05, 0) is 30.5 Å². The van der Waals surface area contributed by atoms with Crippen LogP contribution in [0.4, 0.5) is 0 Å². The minimum absolute atomic E-state index is 0.473. The quantitative estimate of drug-likeness (QED) is 0.795. The predicted octanol–water partition coefficient (Wildman–Crippen LogP) is 3.25. The maximum atomic E-state index is 6.13. The molecule has 1 aromatic rings. The fraction of sp³-hybridized carbons (Fsp3) is 0.333. The number of allylic oxidation sites excluding steroid dienone is 2. The van der Waals surface area contributed by atoms with E-state index < -0.39 is 0 Å². The van der Waals surface area contributed by atoms with Crippen LogP contribution in [0.3, 0.4) is 0 Å². The molecule has 0 spiro atoms. The van der Waals surface area contributed by atoms with Crippen molar-refractivity contribution < 1.29 is 4.84 Å². The molecule has 1 aromatic carbocycles.